The molecule has 0 bridgehead atoms. The lowest BCUT2D eigenvalue weighted by Crippen LogP contribution is -2.18. The summed E-state index contributed by atoms with van der Waals surface area (Å²) in [7, 11) is 1.88. The van der Waals surface area contributed by atoms with Gasteiger partial charge in [0.15, 0.2) is 0 Å². The molecular weight excluding hydrogens is 284 g/mol. The van der Waals surface area contributed by atoms with E-state index < -0.39 is 0 Å². The van der Waals surface area contributed by atoms with Crippen molar-refractivity contribution < 1.29 is 0 Å². The first-order chi connectivity index (χ1) is 10.3. The fraction of sp³-hybridized carbons (Fsp3) is 0.125. The molecule has 5 heteroatoms. The van der Waals surface area contributed by atoms with Crippen LogP contribution in [0.1, 0.15) is 17.3 Å². The third-order valence-corrected chi connectivity index (χ3v) is 3.64. The molecule has 0 amide bonds. The van der Waals surface area contributed by atoms with Crippen molar-refractivity contribution in [3.8, 4) is 5.69 Å². The summed E-state index contributed by atoms with van der Waals surface area (Å²) in [5.74, 6) is 0. The van der Waals surface area contributed by atoms with E-state index in [9.17, 15) is 0 Å². The third kappa shape index (κ3) is 2.82. The zero-order valence-electron chi connectivity index (χ0n) is 11.6. The summed E-state index contributed by atoms with van der Waals surface area (Å²) in [4.78, 5) is 1.62. The molecule has 106 valence electrons. The Hall–Kier alpha value is -2.17. The maximum Gasteiger partial charge on any atom is 0.105 e. The molecule has 1 unspecified atom stereocenters. The van der Waals surface area contributed by atoms with Crippen molar-refractivity contribution in [2.24, 2.45) is 0 Å². The summed E-state index contributed by atoms with van der Waals surface area (Å²) in [6, 6.07) is 17.5. The van der Waals surface area contributed by atoms with Crippen molar-refractivity contribution in [1.29, 1.82) is 0 Å². The summed E-state index contributed by atoms with van der Waals surface area (Å²) >= 11 is 6.28. The van der Waals surface area contributed by atoms with E-state index in [0.29, 0.717) is 5.02 Å². The first-order valence-electron chi connectivity index (χ1n) is 6.69. The highest BCUT2D eigenvalue weighted by molar-refractivity contribution is 6.31. The molecule has 4 nitrogen and oxygen atoms in total. The van der Waals surface area contributed by atoms with Gasteiger partial charge in [-0.25, -0.2) is 0 Å². The van der Waals surface area contributed by atoms with Gasteiger partial charge in [-0.2, -0.15) is 15.0 Å². The molecule has 0 fully saturated rings. The number of halogens is 1. The third-order valence-electron chi connectivity index (χ3n) is 3.30. The SMILES string of the molecule is CNC(c1cnn(-c2ccccc2)n1)c1ccccc1Cl. The molecule has 0 spiro atoms. The Morgan fingerprint density at radius 1 is 1.05 bits per heavy atom. The first kappa shape index (κ1) is 13.8. The smallest absolute Gasteiger partial charge is 0.105 e. The summed E-state index contributed by atoms with van der Waals surface area (Å²) in [5.41, 5.74) is 2.74. The van der Waals surface area contributed by atoms with E-state index >= 15 is 0 Å². The highest BCUT2D eigenvalue weighted by atomic mass is 35.5. The van der Waals surface area contributed by atoms with E-state index in [-0.39, 0.29) is 6.04 Å². The second kappa shape index (κ2) is 6.08. The quantitative estimate of drug-likeness (QED) is 0.804. The van der Waals surface area contributed by atoms with E-state index in [2.05, 4.69) is 15.5 Å². The van der Waals surface area contributed by atoms with Crippen LogP contribution >= 0.6 is 11.6 Å². The van der Waals surface area contributed by atoms with E-state index in [1.54, 1.807) is 11.0 Å². The van der Waals surface area contributed by atoms with Crippen LogP contribution < -0.4 is 5.32 Å². The normalized spacial score (nSPS) is 12.3. The van der Waals surface area contributed by atoms with Gasteiger partial charge in [-0.1, -0.05) is 48.0 Å². The molecule has 0 radical (unpaired) electrons. The number of hydrogen-bond acceptors (Lipinski definition) is 3. The Bertz CT molecular complexity index is 724. The fourth-order valence-electron chi connectivity index (χ4n) is 2.26. The van der Waals surface area contributed by atoms with Crippen molar-refractivity contribution in [2.75, 3.05) is 7.05 Å². The van der Waals surface area contributed by atoms with Crippen LogP contribution in [0.3, 0.4) is 0 Å². The Morgan fingerprint density at radius 3 is 2.48 bits per heavy atom. The minimum Gasteiger partial charge on any atom is -0.308 e. The number of para-hydroxylation sites is 1. The van der Waals surface area contributed by atoms with Gasteiger partial charge in [-0.05, 0) is 30.8 Å². The Morgan fingerprint density at radius 2 is 1.76 bits per heavy atom. The zero-order valence-corrected chi connectivity index (χ0v) is 12.3. The van der Waals surface area contributed by atoms with Crippen LogP contribution in [0.25, 0.3) is 5.69 Å². The molecule has 1 aromatic heterocycles. The van der Waals surface area contributed by atoms with Crippen LogP contribution in [0.15, 0.2) is 60.8 Å². The van der Waals surface area contributed by atoms with Crippen molar-refractivity contribution in [2.45, 2.75) is 6.04 Å². The van der Waals surface area contributed by atoms with Crippen LogP contribution in [0.2, 0.25) is 5.02 Å². The molecule has 3 aromatic rings. The van der Waals surface area contributed by atoms with Crippen molar-refractivity contribution in [1.82, 2.24) is 20.3 Å². The van der Waals surface area contributed by atoms with Crippen molar-refractivity contribution in [3.63, 3.8) is 0 Å². The molecule has 1 N–H and O–H groups in total. The lowest BCUT2D eigenvalue weighted by molar-refractivity contribution is 0.650. The molecule has 1 heterocycles. The lowest BCUT2D eigenvalue weighted by atomic mass is 10.0. The highest BCUT2D eigenvalue weighted by Crippen LogP contribution is 2.26. The molecule has 2 aromatic carbocycles. The molecule has 3 rings (SSSR count). The zero-order chi connectivity index (χ0) is 14.7. The van der Waals surface area contributed by atoms with Gasteiger partial charge in [-0.3, -0.25) is 0 Å². The highest BCUT2D eigenvalue weighted by Gasteiger charge is 2.18. The molecule has 0 saturated heterocycles. The number of aromatic nitrogens is 3. The van der Waals surface area contributed by atoms with Crippen molar-refractivity contribution >= 4 is 11.6 Å². The summed E-state index contributed by atoms with van der Waals surface area (Å²) in [6.07, 6.45) is 1.76. The van der Waals surface area contributed by atoms with Gasteiger partial charge in [-0.15, -0.1) is 0 Å². The number of rotatable bonds is 4. The van der Waals surface area contributed by atoms with Crippen LogP contribution in [0, 0.1) is 0 Å². The second-order valence-corrected chi connectivity index (χ2v) is 5.04. The predicted octanol–water partition coefficient (Wildman–Crippen LogP) is 3.23. The standard InChI is InChI=1S/C16H15ClN4/c1-18-16(13-9-5-6-10-14(13)17)15-11-19-21(20-15)12-7-3-2-4-8-12/h2-11,16,18H,1H3. The van der Waals surface area contributed by atoms with Gasteiger partial charge in [0.05, 0.1) is 17.9 Å². The van der Waals surface area contributed by atoms with Gasteiger partial charge < -0.3 is 5.32 Å². The van der Waals surface area contributed by atoms with Crippen molar-refractivity contribution in [3.05, 3.63) is 77.1 Å². The molecular formula is C16H15ClN4. The molecule has 1 atom stereocenters. The molecule has 0 aliphatic carbocycles. The minimum absolute atomic E-state index is 0.0869. The van der Waals surface area contributed by atoms with Crippen LogP contribution in [0.4, 0.5) is 0 Å². The maximum atomic E-state index is 6.28. The van der Waals surface area contributed by atoms with Gasteiger partial charge in [0.25, 0.3) is 0 Å². The number of nitrogens with zero attached hydrogens (tertiary/aromatic N) is 3. The van der Waals surface area contributed by atoms with Crippen LogP contribution in [-0.2, 0) is 0 Å². The monoisotopic (exact) mass is 298 g/mol. The average molecular weight is 299 g/mol. The maximum absolute atomic E-state index is 6.28. The molecule has 0 saturated carbocycles. The molecule has 0 aliphatic heterocycles. The van der Waals surface area contributed by atoms with Gasteiger partial charge in [0.1, 0.15) is 5.69 Å². The van der Waals surface area contributed by atoms with Crippen LogP contribution in [-0.4, -0.2) is 22.0 Å². The summed E-state index contributed by atoms with van der Waals surface area (Å²) < 4.78 is 0. The number of benzene rings is 2. The van der Waals surface area contributed by atoms with E-state index in [0.717, 1.165) is 16.9 Å². The Labute approximate surface area is 128 Å². The number of nitrogens with one attached hydrogen (secondary N) is 1. The molecule has 0 aliphatic rings. The number of hydrogen-bond donors (Lipinski definition) is 1. The minimum atomic E-state index is -0.0869. The molecule has 21 heavy (non-hydrogen) atoms. The van der Waals surface area contributed by atoms with Gasteiger partial charge in [0.2, 0.25) is 0 Å². The topological polar surface area (TPSA) is 42.7 Å². The Kier molecular flexibility index (Phi) is 3.99. The lowest BCUT2D eigenvalue weighted by Gasteiger charge is -2.15. The second-order valence-electron chi connectivity index (χ2n) is 4.64. The van der Waals surface area contributed by atoms with E-state index in [4.69, 9.17) is 11.6 Å². The van der Waals surface area contributed by atoms with E-state index in [1.165, 1.54) is 0 Å². The Balaban J connectivity index is 1.96. The predicted molar refractivity (Wildman–Crippen MR) is 83.7 cm³/mol. The van der Waals surface area contributed by atoms with Gasteiger partial charge in [0, 0.05) is 5.02 Å². The summed E-state index contributed by atoms with van der Waals surface area (Å²) in [6.45, 7) is 0. The largest absolute Gasteiger partial charge is 0.308 e. The summed E-state index contributed by atoms with van der Waals surface area (Å²) in [5, 5.41) is 12.8. The fourth-order valence-corrected chi connectivity index (χ4v) is 2.51. The first-order valence-corrected chi connectivity index (χ1v) is 7.07. The van der Waals surface area contributed by atoms with E-state index in [1.807, 2.05) is 61.6 Å². The van der Waals surface area contributed by atoms with Gasteiger partial charge >= 0.3 is 0 Å². The average Bonchev–Trinajstić information content (AvgIpc) is 3.00. The van der Waals surface area contributed by atoms with Crippen LogP contribution in [0.5, 0.6) is 0 Å².